The minimum absolute atomic E-state index is 0.0149. The molecule has 1 aromatic heterocycles. The van der Waals surface area contributed by atoms with Crippen LogP contribution in [0, 0.1) is 5.92 Å². The van der Waals surface area contributed by atoms with Crippen molar-refractivity contribution in [1.82, 2.24) is 14.9 Å². The molecule has 1 aliphatic heterocycles. The Kier molecular flexibility index (Phi) is 6.36. The third kappa shape index (κ3) is 4.81. The molecule has 2 aromatic rings. The van der Waals surface area contributed by atoms with Crippen molar-refractivity contribution in [2.24, 2.45) is 11.7 Å². The van der Waals surface area contributed by atoms with Gasteiger partial charge >= 0.3 is 0 Å². The molecular weight excluding hydrogens is 342 g/mol. The third-order valence-corrected chi connectivity index (χ3v) is 5.07. The van der Waals surface area contributed by atoms with Gasteiger partial charge in [0.2, 0.25) is 11.9 Å². The van der Waals surface area contributed by atoms with E-state index in [4.69, 9.17) is 5.73 Å². The zero-order valence-corrected chi connectivity index (χ0v) is 15.7. The second-order valence-electron chi connectivity index (χ2n) is 7.04. The van der Waals surface area contributed by atoms with Crippen molar-refractivity contribution in [3.8, 4) is 11.1 Å². The number of likely N-dealkylation sites (N-methyl/N-ethyl adjacent to an activating group) is 1. The van der Waals surface area contributed by atoms with E-state index in [2.05, 4.69) is 14.9 Å². The number of anilines is 1. The molecule has 0 saturated carbocycles. The van der Waals surface area contributed by atoms with Gasteiger partial charge in [-0.1, -0.05) is 18.2 Å². The number of nitrogens with zero attached hydrogens (tertiary/aromatic N) is 4. The fourth-order valence-electron chi connectivity index (χ4n) is 3.32. The van der Waals surface area contributed by atoms with Crippen molar-refractivity contribution < 1.29 is 9.90 Å². The molecule has 27 heavy (non-hydrogen) atoms. The number of hydrogen-bond acceptors (Lipinski definition) is 6. The maximum Gasteiger partial charge on any atom is 0.236 e. The van der Waals surface area contributed by atoms with Crippen LogP contribution in [0.25, 0.3) is 11.1 Å². The van der Waals surface area contributed by atoms with Crippen LogP contribution in [0.1, 0.15) is 18.4 Å². The molecule has 1 aromatic carbocycles. The van der Waals surface area contributed by atoms with Crippen molar-refractivity contribution in [2.75, 3.05) is 38.2 Å². The predicted octanol–water partition coefficient (Wildman–Crippen LogP) is 1.27. The Hall–Kier alpha value is -2.51. The number of nitrogens with two attached hydrogens (primary N) is 1. The monoisotopic (exact) mass is 369 g/mol. The lowest BCUT2D eigenvalue weighted by Gasteiger charge is -2.31. The van der Waals surface area contributed by atoms with Gasteiger partial charge in [0, 0.05) is 51.2 Å². The van der Waals surface area contributed by atoms with Crippen LogP contribution < -0.4 is 10.6 Å². The quantitative estimate of drug-likeness (QED) is 0.796. The highest BCUT2D eigenvalue weighted by molar-refractivity contribution is 5.77. The number of aliphatic hydroxyl groups excluding tert-OH is 1. The summed E-state index contributed by atoms with van der Waals surface area (Å²) >= 11 is 0. The normalized spacial score (nSPS) is 15.0. The molecule has 7 nitrogen and oxygen atoms in total. The van der Waals surface area contributed by atoms with Crippen LogP contribution in [-0.2, 0) is 11.3 Å². The van der Waals surface area contributed by atoms with Crippen LogP contribution in [0.5, 0.6) is 0 Å². The molecule has 0 radical (unpaired) electrons. The molecule has 1 aliphatic rings. The molecule has 0 unspecified atom stereocenters. The second-order valence-corrected chi connectivity index (χ2v) is 7.04. The minimum atomic E-state index is -0.0851. The van der Waals surface area contributed by atoms with Crippen molar-refractivity contribution in [2.45, 2.75) is 19.4 Å². The number of hydrogen-bond donors (Lipinski definition) is 2. The van der Waals surface area contributed by atoms with E-state index in [1.165, 1.54) is 0 Å². The average Bonchev–Trinajstić information content (AvgIpc) is 2.73. The van der Waals surface area contributed by atoms with Crippen LogP contribution in [0.3, 0.4) is 0 Å². The van der Waals surface area contributed by atoms with Crippen molar-refractivity contribution >= 4 is 11.9 Å². The Bertz CT molecular complexity index is 757. The highest BCUT2D eigenvalue weighted by atomic mass is 16.3. The Balaban J connectivity index is 1.68. The summed E-state index contributed by atoms with van der Waals surface area (Å²) in [4.78, 5) is 24.5. The van der Waals surface area contributed by atoms with Gasteiger partial charge in [0.15, 0.2) is 0 Å². The maximum absolute atomic E-state index is 11.7. The number of rotatable bonds is 6. The Morgan fingerprint density at radius 1 is 1.26 bits per heavy atom. The lowest BCUT2D eigenvalue weighted by atomic mass is 9.98. The first-order chi connectivity index (χ1) is 13.1. The second kappa shape index (κ2) is 8.92. The summed E-state index contributed by atoms with van der Waals surface area (Å²) in [5.41, 5.74) is 8.41. The molecule has 1 amide bonds. The van der Waals surface area contributed by atoms with E-state index in [9.17, 15) is 9.90 Å². The summed E-state index contributed by atoms with van der Waals surface area (Å²) in [5, 5.41) is 9.25. The van der Waals surface area contributed by atoms with Crippen molar-refractivity contribution in [1.29, 1.82) is 0 Å². The molecule has 0 aliphatic carbocycles. The highest BCUT2D eigenvalue weighted by Gasteiger charge is 2.20. The van der Waals surface area contributed by atoms with Gasteiger partial charge in [-0.2, -0.15) is 0 Å². The molecule has 3 rings (SSSR count). The summed E-state index contributed by atoms with van der Waals surface area (Å²) in [6.45, 7) is 2.54. The minimum Gasteiger partial charge on any atom is -0.396 e. The fraction of sp³-hybridized carbons (Fsp3) is 0.450. The summed E-state index contributed by atoms with van der Waals surface area (Å²) in [6.07, 6.45) is 5.63. The van der Waals surface area contributed by atoms with Crippen molar-refractivity contribution in [3.63, 3.8) is 0 Å². The van der Waals surface area contributed by atoms with Crippen molar-refractivity contribution in [3.05, 3.63) is 42.2 Å². The molecule has 0 bridgehead atoms. The van der Waals surface area contributed by atoms with Gasteiger partial charge < -0.3 is 20.6 Å². The van der Waals surface area contributed by atoms with Crippen LogP contribution in [-0.4, -0.2) is 59.2 Å². The number of carbonyl (C=O) groups is 1. The molecule has 7 heteroatoms. The molecule has 0 atom stereocenters. The number of benzene rings is 1. The zero-order chi connectivity index (χ0) is 19.2. The van der Waals surface area contributed by atoms with Gasteiger partial charge in [-0.3, -0.25) is 4.79 Å². The molecule has 3 N–H and O–H groups in total. The smallest absolute Gasteiger partial charge is 0.236 e. The molecular formula is C20H27N5O2. The molecule has 2 heterocycles. The number of aromatic nitrogens is 2. The molecule has 1 fully saturated rings. The lowest BCUT2D eigenvalue weighted by Crippen LogP contribution is -2.35. The topological polar surface area (TPSA) is 95.6 Å². The van der Waals surface area contributed by atoms with E-state index in [-0.39, 0.29) is 19.1 Å². The Labute approximate surface area is 159 Å². The number of piperidine rings is 1. The van der Waals surface area contributed by atoms with Gasteiger partial charge in [0.25, 0.3) is 0 Å². The van der Waals surface area contributed by atoms with Crippen LogP contribution in [0.2, 0.25) is 0 Å². The van der Waals surface area contributed by atoms with Gasteiger partial charge in [-0.05, 0) is 36.0 Å². The van der Waals surface area contributed by atoms with E-state index in [1.807, 2.05) is 36.7 Å². The SMILES string of the molecule is CN(Cc1cccc(-c2cnc(N3CCC(CO)CC3)nc2)c1)C(=O)CN. The summed E-state index contributed by atoms with van der Waals surface area (Å²) in [6, 6.07) is 8.02. The van der Waals surface area contributed by atoms with Crippen LogP contribution in [0.4, 0.5) is 5.95 Å². The summed E-state index contributed by atoms with van der Waals surface area (Å²) in [7, 11) is 1.75. The van der Waals surface area contributed by atoms with Gasteiger partial charge in [0.05, 0.1) is 6.54 Å². The van der Waals surface area contributed by atoms with E-state index in [1.54, 1.807) is 11.9 Å². The fourth-order valence-corrected chi connectivity index (χ4v) is 3.32. The van der Waals surface area contributed by atoms with E-state index in [0.717, 1.165) is 48.6 Å². The standard InChI is InChI=1S/C20H27N5O2/c1-24(19(27)10-21)13-16-3-2-4-17(9-16)18-11-22-20(23-12-18)25-7-5-15(14-26)6-8-25/h2-4,9,11-12,15,26H,5-8,10,13-14,21H2,1H3. The zero-order valence-electron chi connectivity index (χ0n) is 15.7. The lowest BCUT2D eigenvalue weighted by molar-refractivity contribution is -0.128. The van der Waals surface area contributed by atoms with Crippen LogP contribution in [0.15, 0.2) is 36.7 Å². The van der Waals surface area contributed by atoms with Gasteiger partial charge in [-0.15, -0.1) is 0 Å². The number of amides is 1. The van der Waals surface area contributed by atoms with Gasteiger partial charge in [-0.25, -0.2) is 9.97 Å². The van der Waals surface area contributed by atoms with Gasteiger partial charge in [0.1, 0.15) is 0 Å². The number of aliphatic hydroxyl groups is 1. The maximum atomic E-state index is 11.7. The highest BCUT2D eigenvalue weighted by Crippen LogP contribution is 2.23. The predicted molar refractivity (Wildman–Crippen MR) is 105 cm³/mol. The van der Waals surface area contributed by atoms with E-state index < -0.39 is 0 Å². The largest absolute Gasteiger partial charge is 0.396 e. The first-order valence-corrected chi connectivity index (χ1v) is 9.32. The molecule has 1 saturated heterocycles. The summed E-state index contributed by atoms with van der Waals surface area (Å²) < 4.78 is 0. The van der Waals surface area contributed by atoms with E-state index in [0.29, 0.717) is 12.5 Å². The average molecular weight is 369 g/mol. The molecule has 144 valence electrons. The van der Waals surface area contributed by atoms with E-state index >= 15 is 0 Å². The first kappa shape index (κ1) is 19.3. The Morgan fingerprint density at radius 3 is 2.59 bits per heavy atom. The first-order valence-electron chi connectivity index (χ1n) is 9.32. The summed E-state index contributed by atoms with van der Waals surface area (Å²) in [5.74, 6) is 1.05. The van der Waals surface area contributed by atoms with Crippen LogP contribution >= 0.6 is 0 Å². The number of carbonyl (C=O) groups excluding carboxylic acids is 1. The Morgan fingerprint density at radius 2 is 1.96 bits per heavy atom. The third-order valence-electron chi connectivity index (χ3n) is 5.07. The molecule has 0 spiro atoms.